The lowest BCUT2D eigenvalue weighted by molar-refractivity contribution is -0.141. The quantitative estimate of drug-likeness (QED) is 0.656. The molecule has 0 radical (unpaired) electrons. The van der Waals surface area contributed by atoms with Gasteiger partial charge >= 0.3 is 5.97 Å². The number of rotatable bonds is 6. The number of aryl methyl sites for hydroxylation is 1. The molecule has 1 amide bonds. The first kappa shape index (κ1) is 18.7. The molecule has 140 valence electrons. The van der Waals surface area contributed by atoms with Gasteiger partial charge in [-0.15, -0.1) is 16.4 Å². The van der Waals surface area contributed by atoms with E-state index < -0.39 is 17.9 Å². The molecular weight excluding hydrogens is 371 g/mol. The Bertz CT molecular complexity index is 938. The summed E-state index contributed by atoms with van der Waals surface area (Å²) in [7, 11) is 1.30. The number of amides is 1. The molecular formula is C18H17FN4O3S. The Kier molecular flexibility index (Phi) is 5.60. The maximum atomic E-state index is 13.1. The highest BCUT2D eigenvalue weighted by Gasteiger charge is 2.23. The molecule has 7 nitrogen and oxygen atoms in total. The molecule has 0 aliphatic carbocycles. The van der Waals surface area contributed by atoms with E-state index in [1.165, 1.54) is 35.3 Å². The second kappa shape index (κ2) is 8.09. The number of aromatic nitrogens is 3. The van der Waals surface area contributed by atoms with Crippen LogP contribution in [0.2, 0.25) is 0 Å². The monoisotopic (exact) mass is 388 g/mol. The Morgan fingerprint density at radius 2 is 2.04 bits per heavy atom. The summed E-state index contributed by atoms with van der Waals surface area (Å²) in [5.41, 5.74) is 0.588. The van der Waals surface area contributed by atoms with Gasteiger partial charge in [-0.3, -0.25) is 9.59 Å². The molecule has 3 aromatic rings. The molecule has 0 bridgehead atoms. The number of hydrogen-bond donors (Lipinski definition) is 1. The van der Waals surface area contributed by atoms with Gasteiger partial charge in [-0.25, -0.2) is 14.1 Å². The number of hydrogen-bond acceptors (Lipinski definition) is 6. The van der Waals surface area contributed by atoms with Gasteiger partial charge < -0.3 is 10.1 Å². The summed E-state index contributed by atoms with van der Waals surface area (Å²) < 4.78 is 19.3. The van der Waals surface area contributed by atoms with Crippen LogP contribution in [0.1, 0.15) is 33.8 Å². The molecule has 1 atom stereocenters. The number of benzene rings is 1. The van der Waals surface area contributed by atoms with Crippen molar-refractivity contribution in [3.63, 3.8) is 0 Å². The average molecular weight is 388 g/mol. The standard InChI is InChI=1S/C18H17FN4O3S/c1-11-20-17(22-23(11)13-7-5-12(19)6-8-13)18(25)21-14(10-16(24)26-2)15-4-3-9-27-15/h3-9,14H,10H2,1-2H3,(H,21,25). The van der Waals surface area contributed by atoms with Crippen molar-refractivity contribution in [1.29, 1.82) is 0 Å². The van der Waals surface area contributed by atoms with Gasteiger partial charge in [0.2, 0.25) is 5.82 Å². The zero-order valence-electron chi connectivity index (χ0n) is 14.7. The number of nitrogens with one attached hydrogen (secondary N) is 1. The van der Waals surface area contributed by atoms with Crippen molar-refractivity contribution < 1.29 is 18.7 Å². The molecule has 0 aliphatic rings. The number of nitrogens with zero attached hydrogens (tertiary/aromatic N) is 3. The van der Waals surface area contributed by atoms with Crippen LogP contribution in [0.3, 0.4) is 0 Å². The van der Waals surface area contributed by atoms with Crippen LogP contribution < -0.4 is 5.32 Å². The molecule has 1 aromatic carbocycles. The van der Waals surface area contributed by atoms with Crippen molar-refractivity contribution in [2.75, 3.05) is 7.11 Å². The normalized spacial score (nSPS) is 11.8. The Labute approximate surface area is 158 Å². The Morgan fingerprint density at radius 1 is 1.30 bits per heavy atom. The summed E-state index contributed by atoms with van der Waals surface area (Å²) in [5, 5.41) is 8.83. The number of esters is 1. The van der Waals surface area contributed by atoms with Gasteiger partial charge in [0, 0.05) is 4.88 Å². The van der Waals surface area contributed by atoms with Crippen LogP contribution in [0.25, 0.3) is 5.69 Å². The molecule has 3 rings (SSSR count). The topological polar surface area (TPSA) is 86.1 Å². The molecule has 1 N–H and O–H groups in total. The van der Waals surface area contributed by atoms with Crippen LogP contribution in [-0.2, 0) is 9.53 Å². The van der Waals surface area contributed by atoms with Gasteiger partial charge in [0.15, 0.2) is 0 Å². The first-order chi connectivity index (χ1) is 13.0. The van der Waals surface area contributed by atoms with E-state index in [1.807, 2.05) is 17.5 Å². The zero-order valence-corrected chi connectivity index (χ0v) is 15.5. The van der Waals surface area contributed by atoms with Crippen molar-refractivity contribution in [3.8, 4) is 5.69 Å². The van der Waals surface area contributed by atoms with Crippen molar-refractivity contribution in [2.45, 2.75) is 19.4 Å². The molecule has 0 saturated heterocycles. The van der Waals surface area contributed by atoms with Gasteiger partial charge in [0.25, 0.3) is 5.91 Å². The van der Waals surface area contributed by atoms with Crippen molar-refractivity contribution in [3.05, 3.63) is 64.1 Å². The number of thiophene rings is 1. The smallest absolute Gasteiger partial charge is 0.307 e. The minimum atomic E-state index is -0.539. The zero-order chi connectivity index (χ0) is 19.4. The molecule has 2 heterocycles. The highest BCUT2D eigenvalue weighted by Crippen LogP contribution is 2.23. The number of ether oxygens (including phenoxy) is 1. The molecule has 0 aliphatic heterocycles. The number of carbonyl (C=O) groups excluding carboxylic acids is 2. The largest absolute Gasteiger partial charge is 0.469 e. The first-order valence-corrected chi connectivity index (χ1v) is 8.96. The predicted octanol–water partition coefficient (Wildman–Crippen LogP) is 2.81. The second-order valence-electron chi connectivity index (χ2n) is 5.69. The minimum Gasteiger partial charge on any atom is -0.469 e. The minimum absolute atomic E-state index is 0.000403. The Balaban J connectivity index is 1.81. The highest BCUT2D eigenvalue weighted by atomic mass is 32.1. The van der Waals surface area contributed by atoms with E-state index in [0.717, 1.165) is 4.88 Å². The maximum Gasteiger partial charge on any atom is 0.307 e. The third-order valence-electron chi connectivity index (χ3n) is 3.83. The Hall–Kier alpha value is -3.07. The van der Waals surface area contributed by atoms with Gasteiger partial charge in [-0.2, -0.15) is 0 Å². The lowest BCUT2D eigenvalue weighted by atomic mass is 10.1. The first-order valence-electron chi connectivity index (χ1n) is 8.08. The van der Waals surface area contributed by atoms with Gasteiger partial charge in [-0.05, 0) is 42.6 Å². The van der Waals surface area contributed by atoms with E-state index in [9.17, 15) is 14.0 Å². The van der Waals surface area contributed by atoms with Gasteiger partial charge in [0.05, 0.1) is 25.3 Å². The molecule has 9 heteroatoms. The van der Waals surface area contributed by atoms with Crippen LogP contribution in [0.15, 0.2) is 41.8 Å². The fourth-order valence-corrected chi connectivity index (χ4v) is 3.28. The third-order valence-corrected chi connectivity index (χ3v) is 4.82. The molecule has 1 unspecified atom stereocenters. The summed E-state index contributed by atoms with van der Waals surface area (Å²) >= 11 is 1.42. The van der Waals surface area contributed by atoms with E-state index >= 15 is 0 Å². The van der Waals surface area contributed by atoms with Crippen LogP contribution >= 0.6 is 11.3 Å². The fraction of sp³-hybridized carbons (Fsp3) is 0.222. The number of carbonyl (C=O) groups is 2. The summed E-state index contributed by atoms with van der Waals surface area (Å²) in [6.45, 7) is 1.69. The highest BCUT2D eigenvalue weighted by molar-refractivity contribution is 7.10. The van der Waals surface area contributed by atoms with E-state index in [1.54, 1.807) is 19.1 Å². The lowest BCUT2D eigenvalue weighted by Crippen LogP contribution is -2.30. The summed E-state index contributed by atoms with van der Waals surface area (Å²) in [6.07, 6.45) is 0.000403. The van der Waals surface area contributed by atoms with Crippen molar-refractivity contribution >= 4 is 23.2 Å². The van der Waals surface area contributed by atoms with Gasteiger partial charge in [-0.1, -0.05) is 6.07 Å². The SMILES string of the molecule is COC(=O)CC(NC(=O)c1nc(C)n(-c2ccc(F)cc2)n1)c1cccs1. The van der Waals surface area contributed by atoms with Crippen molar-refractivity contribution in [2.24, 2.45) is 0 Å². The van der Waals surface area contributed by atoms with Crippen LogP contribution in [0.5, 0.6) is 0 Å². The van der Waals surface area contributed by atoms with Crippen LogP contribution in [-0.4, -0.2) is 33.8 Å². The third kappa shape index (κ3) is 4.37. The van der Waals surface area contributed by atoms with E-state index in [0.29, 0.717) is 11.5 Å². The number of halogens is 1. The van der Waals surface area contributed by atoms with Crippen molar-refractivity contribution in [1.82, 2.24) is 20.1 Å². The molecule has 0 spiro atoms. The Morgan fingerprint density at radius 3 is 2.67 bits per heavy atom. The summed E-state index contributed by atoms with van der Waals surface area (Å²) in [6, 6.07) is 8.83. The average Bonchev–Trinajstić information content (AvgIpc) is 3.31. The van der Waals surface area contributed by atoms with Gasteiger partial charge in [0.1, 0.15) is 11.6 Å². The van der Waals surface area contributed by atoms with Crippen LogP contribution in [0.4, 0.5) is 4.39 Å². The van der Waals surface area contributed by atoms with E-state index in [-0.39, 0.29) is 18.1 Å². The predicted molar refractivity (Wildman–Crippen MR) is 97.2 cm³/mol. The molecule has 2 aromatic heterocycles. The summed E-state index contributed by atoms with van der Waals surface area (Å²) in [5.74, 6) is -0.873. The summed E-state index contributed by atoms with van der Waals surface area (Å²) in [4.78, 5) is 29.3. The molecule has 27 heavy (non-hydrogen) atoms. The maximum absolute atomic E-state index is 13.1. The molecule has 0 fully saturated rings. The van der Waals surface area contributed by atoms with E-state index in [2.05, 4.69) is 15.4 Å². The van der Waals surface area contributed by atoms with Crippen LogP contribution in [0, 0.1) is 12.7 Å². The molecule has 0 saturated carbocycles. The number of methoxy groups -OCH3 is 1. The van der Waals surface area contributed by atoms with E-state index in [4.69, 9.17) is 4.74 Å². The fourth-order valence-electron chi connectivity index (χ4n) is 2.50. The second-order valence-corrected chi connectivity index (χ2v) is 6.67. The lowest BCUT2D eigenvalue weighted by Gasteiger charge is -2.15.